The van der Waals surface area contributed by atoms with Gasteiger partial charge in [0, 0.05) is 9.50 Å². The molecule has 0 saturated carbocycles. The normalized spacial score (nSPS) is 12.4. The molecular formula is C11H14BrClN2O. The molecule has 0 radical (unpaired) electrons. The van der Waals surface area contributed by atoms with Gasteiger partial charge in [-0.3, -0.25) is 4.79 Å². The van der Waals surface area contributed by atoms with E-state index in [1.165, 1.54) is 0 Å². The van der Waals surface area contributed by atoms with Gasteiger partial charge in [0.05, 0.1) is 0 Å². The molecule has 0 aliphatic heterocycles. The second-order valence-electron chi connectivity index (χ2n) is 3.46. The predicted molar refractivity (Wildman–Crippen MR) is 69.4 cm³/mol. The van der Waals surface area contributed by atoms with Crippen LogP contribution in [-0.4, -0.2) is 12.5 Å². The molecule has 16 heavy (non-hydrogen) atoms. The van der Waals surface area contributed by atoms with Crippen LogP contribution in [0.25, 0.3) is 0 Å². The fourth-order valence-corrected chi connectivity index (χ4v) is 2.17. The van der Waals surface area contributed by atoms with Crippen molar-refractivity contribution in [3.05, 3.63) is 33.3 Å². The molecular weight excluding hydrogens is 291 g/mol. The molecule has 0 aromatic heterocycles. The van der Waals surface area contributed by atoms with Crippen LogP contribution in [-0.2, 0) is 4.79 Å². The highest BCUT2D eigenvalue weighted by Gasteiger charge is 2.19. The van der Waals surface area contributed by atoms with Crippen LogP contribution in [0.15, 0.2) is 22.7 Å². The van der Waals surface area contributed by atoms with E-state index < -0.39 is 11.9 Å². The summed E-state index contributed by atoms with van der Waals surface area (Å²) in [7, 11) is 0. The molecule has 88 valence electrons. The number of primary amides is 1. The first-order valence-electron chi connectivity index (χ1n) is 5.04. The van der Waals surface area contributed by atoms with E-state index in [2.05, 4.69) is 21.2 Å². The second kappa shape index (κ2) is 6.23. The number of benzene rings is 1. The summed E-state index contributed by atoms with van der Waals surface area (Å²) in [5.41, 5.74) is 6.06. The molecule has 1 rings (SSSR count). The average Bonchev–Trinajstić information content (AvgIpc) is 2.20. The molecule has 0 spiro atoms. The summed E-state index contributed by atoms with van der Waals surface area (Å²) in [6.07, 6.45) is 0.928. The van der Waals surface area contributed by atoms with Crippen LogP contribution in [0.3, 0.4) is 0 Å². The van der Waals surface area contributed by atoms with Gasteiger partial charge in [-0.15, -0.1) is 0 Å². The van der Waals surface area contributed by atoms with Gasteiger partial charge in [0.15, 0.2) is 0 Å². The van der Waals surface area contributed by atoms with Crippen molar-refractivity contribution in [3.63, 3.8) is 0 Å². The largest absolute Gasteiger partial charge is 0.368 e. The molecule has 1 aromatic carbocycles. The van der Waals surface area contributed by atoms with Crippen molar-refractivity contribution in [1.29, 1.82) is 0 Å². The summed E-state index contributed by atoms with van der Waals surface area (Å²) >= 11 is 9.38. The first-order chi connectivity index (χ1) is 7.56. The molecule has 1 atom stereocenters. The lowest BCUT2D eigenvalue weighted by Gasteiger charge is -2.16. The maximum Gasteiger partial charge on any atom is 0.239 e. The van der Waals surface area contributed by atoms with Crippen LogP contribution >= 0.6 is 27.5 Å². The van der Waals surface area contributed by atoms with E-state index >= 15 is 0 Å². The van der Waals surface area contributed by atoms with Crippen molar-refractivity contribution in [2.45, 2.75) is 19.4 Å². The van der Waals surface area contributed by atoms with Crippen molar-refractivity contribution in [1.82, 2.24) is 5.32 Å². The summed E-state index contributed by atoms with van der Waals surface area (Å²) in [5, 5.41) is 3.60. The van der Waals surface area contributed by atoms with Gasteiger partial charge < -0.3 is 11.1 Å². The van der Waals surface area contributed by atoms with Crippen molar-refractivity contribution < 1.29 is 4.79 Å². The van der Waals surface area contributed by atoms with E-state index in [9.17, 15) is 4.79 Å². The highest BCUT2D eigenvalue weighted by Crippen LogP contribution is 2.26. The van der Waals surface area contributed by atoms with Gasteiger partial charge in [-0.05, 0) is 30.7 Å². The fourth-order valence-electron chi connectivity index (χ4n) is 1.39. The van der Waals surface area contributed by atoms with Gasteiger partial charge in [0.1, 0.15) is 6.04 Å². The molecule has 1 unspecified atom stereocenters. The Morgan fingerprint density at radius 1 is 1.62 bits per heavy atom. The molecule has 0 aliphatic rings. The van der Waals surface area contributed by atoms with E-state index in [-0.39, 0.29) is 0 Å². The number of nitrogens with one attached hydrogen (secondary N) is 1. The van der Waals surface area contributed by atoms with Gasteiger partial charge in [0.2, 0.25) is 5.91 Å². The standard InChI is InChI=1S/C11H14BrClN2O/c1-2-5-15-10(11(14)16)8-4-3-7(12)6-9(8)13/h3-4,6,10,15H,2,5H2,1H3,(H2,14,16). The Bertz CT molecular complexity index is 384. The quantitative estimate of drug-likeness (QED) is 0.878. The third kappa shape index (κ3) is 3.47. The molecule has 1 aromatic rings. The topological polar surface area (TPSA) is 55.1 Å². The molecule has 3 N–H and O–H groups in total. The van der Waals surface area contributed by atoms with Gasteiger partial charge in [-0.25, -0.2) is 0 Å². The zero-order valence-corrected chi connectivity index (χ0v) is 11.3. The number of hydrogen-bond donors (Lipinski definition) is 2. The van der Waals surface area contributed by atoms with E-state index in [1.807, 2.05) is 13.0 Å². The van der Waals surface area contributed by atoms with Crippen LogP contribution < -0.4 is 11.1 Å². The van der Waals surface area contributed by atoms with E-state index in [4.69, 9.17) is 17.3 Å². The summed E-state index contributed by atoms with van der Waals surface area (Å²) in [6, 6.07) is 4.86. The van der Waals surface area contributed by atoms with E-state index in [0.717, 1.165) is 17.4 Å². The lowest BCUT2D eigenvalue weighted by molar-refractivity contribution is -0.120. The Balaban J connectivity index is 2.96. The fraction of sp³-hybridized carbons (Fsp3) is 0.364. The van der Waals surface area contributed by atoms with Crippen molar-refractivity contribution in [2.75, 3.05) is 6.54 Å². The molecule has 0 fully saturated rings. The zero-order chi connectivity index (χ0) is 12.1. The highest BCUT2D eigenvalue weighted by molar-refractivity contribution is 9.10. The lowest BCUT2D eigenvalue weighted by atomic mass is 10.1. The summed E-state index contributed by atoms with van der Waals surface area (Å²) < 4.78 is 0.875. The lowest BCUT2D eigenvalue weighted by Crippen LogP contribution is -2.34. The molecule has 0 bridgehead atoms. The number of rotatable bonds is 5. The average molecular weight is 306 g/mol. The van der Waals surface area contributed by atoms with Crippen LogP contribution in [0.1, 0.15) is 24.9 Å². The number of carbonyl (C=O) groups excluding carboxylic acids is 1. The summed E-state index contributed by atoms with van der Waals surface area (Å²) in [6.45, 7) is 2.74. The summed E-state index contributed by atoms with van der Waals surface area (Å²) in [4.78, 5) is 11.3. The Labute approximate surface area is 108 Å². The van der Waals surface area contributed by atoms with E-state index in [0.29, 0.717) is 10.6 Å². The number of hydrogen-bond acceptors (Lipinski definition) is 2. The van der Waals surface area contributed by atoms with Crippen molar-refractivity contribution in [2.24, 2.45) is 5.73 Å². The van der Waals surface area contributed by atoms with Crippen LogP contribution in [0, 0.1) is 0 Å². The molecule has 0 heterocycles. The number of carbonyl (C=O) groups is 1. The van der Waals surface area contributed by atoms with Gasteiger partial charge in [0.25, 0.3) is 0 Å². The highest BCUT2D eigenvalue weighted by atomic mass is 79.9. The van der Waals surface area contributed by atoms with Crippen molar-refractivity contribution in [3.8, 4) is 0 Å². The molecule has 1 amide bonds. The zero-order valence-electron chi connectivity index (χ0n) is 8.97. The number of amides is 1. The smallest absolute Gasteiger partial charge is 0.239 e. The number of nitrogens with two attached hydrogens (primary N) is 1. The summed E-state index contributed by atoms with van der Waals surface area (Å²) in [5.74, 6) is -0.419. The second-order valence-corrected chi connectivity index (χ2v) is 4.78. The molecule has 5 heteroatoms. The van der Waals surface area contributed by atoms with Crippen LogP contribution in [0.5, 0.6) is 0 Å². The number of halogens is 2. The third-order valence-electron chi connectivity index (χ3n) is 2.16. The third-order valence-corrected chi connectivity index (χ3v) is 2.98. The van der Waals surface area contributed by atoms with Gasteiger partial charge in [-0.2, -0.15) is 0 Å². The predicted octanol–water partition coefficient (Wildman–Crippen LogP) is 2.63. The van der Waals surface area contributed by atoms with Gasteiger partial charge >= 0.3 is 0 Å². The Morgan fingerprint density at radius 2 is 2.31 bits per heavy atom. The molecule has 0 aliphatic carbocycles. The minimum absolute atomic E-state index is 0.419. The van der Waals surface area contributed by atoms with Crippen LogP contribution in [0.2, 0.25) is 5.02 Å². The Kier molecular flexibility index (Phi) is 5.25. The molecule has 3 nitrogen and oxygen atoms in total. The Morgan fingerprint density at radius 3 is 2.81 bits per heavy atom. The minimum atomic E-state index is -0.527. The van der Waals surface area contributed by atoms with Gasteiger partial charge in [-0.1, -0.05) is 40.5 Å². The molecule has 0 saturated heterocycles. The van der Waals surface area contributed by atoms with E-state index in [1.54, 1.807) is 12.1 Å². The maximum absolute atomic E-state index is 11.3. The van der Waals surface area contributed by atoms with Crippen LogP contribution in [0.4, 0.5) is 0 Å². The first-order valence-corrected chi connectivity index (χ1v) is 6.21. The van der Waals surface area contributed by atoms with Crippen molar-refractivity contribution >= 4 is 33.4 Å². The minimum Gasteiger partial charge on any atom is -0.368 e. The SMILES string of the molecule is CCCNC(C(N)=O)c1ccc(Br)cc1Cl. The first kappa shape index (κ1) is 13.5. The Hall–Kier alpha value is -0.580. The monoisotopic (exact) mass is 304 g/mol. The maximum atomic E-state index is 11.3.